The van der Waals surface area contributed by atoms with Crippen LogP contribution < -0.4 is 14.2 Å². The maximum Gasteiger partial charge on any atom is 0.311 e. The van der Waals surface area contributed by atoms with Gasteiger partial charge in [-0.05, 0) is 29.8 Å². The Morgan fingerprint density at radius 3 is 2.11 bits per heavy atom. The molecule has 0 saturated carbocycles. The van der Waals surface area contributed by atoms with Gasteiger partial charge in [-0.15, -0.1) is 0 Å². The van der Waals surface area contributed by atoms with E-state index in [0.29, 0.717) is 17.1 Å². The summed E-state index contributed by atoms with van der Waals surface area (Å²) in [5.41, 5.74) is 0.464. The van der Waals surface area contributed by atoms with E-state index in [0.717, 1.165) is 5.41 Å². The van der Waals surface area contributed by atoms with Gasteiger partial charge in [0.15, 0.2) is 15.6 Å². The highest BCUT2D eigenvalue weighted by Crippen LogP contribution is 2.31. The molecule has 0 amide bonds. The molecule has 2 rings (SSSR count). The van der Waals surface area contributed by atoms with Crippen molar-refractivity contribution in [2.45, 2.75) is 5.75 Å². The maximum atomic E-state index is 12.4. The molecule has 9 heteroatoms. The van der Waals surface area contributed by atoms with Crippen LogP contribution in [0.25, 0.3) is 6.08 Å². The first kappa shape index (κ1) is 20.2. The molecule has 0 aliphatic heterocycles. The van der Waals surface area contributed by atoms with E-state index in [4.69, 9.17) is 14.2 Å². The van der Waals surface area contributed by atoms with Crippen molar-refractivity contribution in [1.82, 2.24) is 0 Å². The molecule has 2 aromatic carbocycles. The predicted molar refractivity (Wildman–Crippen MR) is 101 cm³/mol. The molecule has 8 nitrogen and oxygen atoms in total. The highest BCUT2D eigenvalue weighted by Gasteiger charge is 2.18. The number of methoxy groups -OCH3 is 3. The van der Waals surface area contributed by atoms with Gasteiger partial charge in [0.05, 0.1) is 37.6 Å². The lowest BCUT2D eigenvalue weighted by Gasteiger charge is -2.09. The molecule has 0 aliphatic carbocycles. The van der Waals surface area contributed by atoms with Gasteiger partial charge in [-0.2, -0.15) is 0 Å². The molecule has 0 unspecified atom stereocenters. The van der Waals surface area contributed by atoms with Gasteiger partial charge < -0.3 is 14.2 Å². The Balaban J connectivity index is 2.32. The van der Waals surface area contributed by atoms with E-state index >= 15 is 0 Å². The first-order valence-corrected chi connectivity index (χ1v) is 9.46. The minimum absolute atomic E-state index is 0.0652. The molecule has 0 heterocycles. The lowest BCUT2D eigenvalue weighted by molar-refractivity contribution is -0.385. The van der Waals surface area contributed by atoms with Crippen molar-refractivity contribution in [3.63, 3.8) is 0 Å². The summed E-state index contributed by atoms with van der Waals surface area (Å²) in [6, 6.07) is 9.12. The van der Waals surface area contributed by atoms with Crippen molar-refractivity contribution < 1.29 is 27.6 Å². The van der Waals surface area contributed by atoms with E-state index in [1.54, 1.807) is 18.2 Å². The summed E-state index contributed by atoms with van der Waals surface area (Å²) in [5, 5.41) is 12.1. The molecule has 0 N–H and O–H groups in total. The Morgan fingerprint density at radius 2 is 1.59 bits per heavy atom. The van der Waals surface area contributed by atoms with E-state index in [-0.39, 0.29) is 17.0 Å². The zero-order valence-corrected chi connectivity index (χ0v) is 15.9. The van der Waals surface area contributed by atoms with Gasteiger partial charge in [0.25, 0.3) is 0 Å². The lowest BCUT2D eigenvalue weighted by atomic mass is 10.2. The van der Waals surface area contributed by atoms with Gasteiger partial charge in [0.1, 0.15) is 11.5 Å². The second kappa shape index (κ2) is 8.54. The summed E-state index contributed by atoms with van der Waals surface area (Å²) >= 11 is 0. The lowest BCUT2D eigenvalue weighted by Crippen LogP contribution is -2.02. The molecule has 0 fully saturated rings. The predicted octanol–water partition coefficient (Wildman–Crippen LogP) is 3.21. The second-order valence-corrected chi connectivity index (χ2v) is 7.34. The van der Waals surface area contributed by atoms with Crippen LogP contribution in [0.4, 0.5) is 5.69 Å². The zero-order valence-electron chi connectivity index (χ0n) is 15.0. The van der Waals surface area contributed by atoms with Crippen LogP contribution in [-0.2, 0) is 15.6 Å². The van der Waals surface area contributed by atoms with Crippen molar-refractivity contribution in [3.8, 4) is 17.2 Å². The average Bonchev–Trinajstić information content (AvgIpc) is 2.65. The monoisotopic (exact) mass is 393 g/mol. The molecule has 0 saturated heterocycles. The number of nitrogens with zero attached hydrogens (tertiary/aromatic N) is 1. The summed E-state index contributed by atoms with van der Waals surface area (Å²) < 4.78 is 40.2. The first-order valence-electron chi connectivity index (χ1n) is 7.74. The third kappa shape index (κ3) is 4.98. The third-order valence-electron chi connectivity index (χ3n) is 3.72. The number of nitro benzene ring substituents is 1. The molecular weight excluding hydrogens is 374 g/mol. The molecule has 0 aliphatic rings. The van der Waals surface area contributed by atoms with Crippen LogP contribution in [0.15, 0.2) is 41.8 Å². The Bertz CT molecular complexity index is 945. The molecule has 0 radical (unpaired) electrons. The van der Waals surface area contributed by atoms with Crippen LogP contribution in [0.3, 0.4) is 0 Å². The highest BCUT2D eigenvalue weighted by atomic mass is 32.2. The Hall–Kier alpha value is -3.07. The van der Waals surface area contributed by atoms with Gasteiger partial charge in [-0.3, -0.25) is 10.1 Å². The smallest absolute Gasteiger partial charge is 0.311 e. The van der Waals surface area contributed by atoms with Crippen molar-refractivity contribution >= 4 is 21.6 Å². The fourth-order valence-electron chi connectivity index (χ4n) is 2.46. The topological polar surface area (TPSA) is 105 Å². The van der Waals surface area contributed by atoms with E-state index in [9.17, 15) is 18.5 Å². The average molecular weight is 393 g/mol. The standard InChI is InChI=1S/C18H19NO7S/c1-24-16-5-4-6-17(25-2)14(16)9-10-27(22,23)12-13-7-8-18(26-3)15(11-13)19(20)21/h4-11H,12H2,1-3H3/b10-9+. The van der Waals surface area contributed by atoms with Gasteiger partial charge >= 0.3 is 5.69 Å². The van der Waals surface area contributed by atoms with Crippen molar-refractivity contribution in [2.75, 3.05) is 21.3 Å². The molecule has 27 heavy (non-hydrogen) atoms. The summed E-state index contributed by atoms with van der Waals surface area (Å²) in [5.74, 6) is 0.587. The molecule has 0 aromatic heterocycles. The Kier molecular flexibility index (Phi) is 6.40. The van der Waals surface area contributed by atoms with Crippen LogP contribution in [0.1, 0.15) is 11.1 Å². The maximum absolute atomic E-state index is 12.4. The molecule has 2 aromatic rings. The number of hydrogen-bond acceptors (Lipinski definition) is 7. The van der Waals surface area contributed by atoms with Crippen LogP contribution >= 0.6 is 0 Å². The first-order chi connectivity index (χ1) is 12.8. The number of nitro groups is 1. The molecular formula is C18H19NO7S. The van der Waals surface area contributed by atoms with Gasteiger partial charge in [0.2, 0.25) is 0 Å². The van der Waals surface area contributed by atoms with Gasteiger partial charge in [-0.1, -0.05) is 12.1 Å². The second-order valence-electron chi connectivity index (χ2n) is 5.45. The number of rotatable bonds is 8. The number of ether oxygens (including phenoxy) is 3. The van der Waals surface area contributed by atoms with Gasteiger partial charge in [-0.25, -0.2) is 8.42 Å². The molecule has 144 valence electrons. The summed E-state index contributed by atoms with van der Waals surface area (Å²) in [4.78, 5) is 10.5. The third-order valence-corrected chi connectivity index (χ3v) is 5.00. The normalized spacial score (nSPS) is 11.4. The van der Waals surface area contributed by atoms with Crippen molar-refractivity contribution in [1.29, 1.82) is 0 Å². The van der Waals surface area contributed by atoms with Crippen molar-refractivity contribution in [3.05, 3.63) is 63.0 Å². The fourth-order valence-corrected chi connectivity index (χ4v) is 3.55. The Morgan fingerprint density at radius 1 is 1.00 bits per heavy atom. The SMILES string of the molecule is COc1ccc(CS(=O)(=O)/C=C/c2c(OC)cccc2OC)cc1[N+](=O)[O-]. The Labute approximate surface area is 157 Å². The van der Waals surface area contributed by atoms with Gasteiger partial charge in [0, 0.05) is 11.5 Å². The number of sulfone groups is 1. The zero-order chi connectivity index (χ0) is 20.0. The summed E-state index contributed by atoms with van der Waals surface area (Å²) in [7, 11) is 0.546. The molecule has 0 bridgehead atoms. The van der Waals surface area contributed by atoms with Crippen molar-refractivity contribution in [2.24, 2.45) is 0 Å². The number of benzene rings is 2. The van der Waals surface area contributed by atoms with Crippen LogP contribution in [-0.4, -0.2) is 34.7 Å². The highest BCUT2D eigenvalue weighted by molar-refractivity contribution is 7.93. The van der Waals surface area contributed by atoms with E-state index in [1.807, 2.05) is 0 Å². The van der Waals surface area contributed by atoms with Crippen LogP contribution in [0, 0.1) is 10.1 Å². The largest absolute Gasteiger partial charge is 0.496 e. The summed E-state index contributed by atoms with van der Waals surface area (Å²) in [6.07, 6.45) is 1.38. The minimum Gasteiger partial charge on any atom is -0.496 e. The van der Waals surface area contributed by atoms with E-state index < -0.39 is 20.5 Å². The van der Waals surface area contributed by atoms with E-state index in [2.05, 4.69) is 0 Å². The fraction of sp³-hybridized carbons (Fsp3) is 0.222. The molecule has 0 atom stereocenters. The van der Waals surface area contributed by atoms with Crippen LogP contribution in [0.2, 0.25) is 0 Å². The quantitative estimate of drug-likeness (QED) is 0.501. The summed E-state index contributed by atoms with van der Waals surface area (Å²) in [6.45, 7) is 0. The number of hydrogen-bond donors (Lipinski definition) is 0. The van der Waals surface area contributed by atoms with Crippen LogP contribution in [0.5, 0.6) is 17.2 Å². The molecule has 0 spiro atoms. The minimum atomic E-state index is -3.70. The van der Waals surface area contributed by atoms with E-state index in [1.165, 1.54) is 45.6 Å².